The number of benzene rings is 2. The number of imidazole rings is 1. The van der Waals surface area contributed by atoms with Crippen molar-refractivity contribution < 1.29 is 18.9 Å². The van der Waals surface area contributed by atoms with Crippen LogP contribution in [-0.4, -0.2) is 41.9 Å². The molecule has 0 bridgehead atoms. The summed E-state index contributed by atoms with van der Waals surface area (Å²) in [5.41, 5.74) is 2.69. The molecule has 3 aromatic rings. The van der Waals surface area contributed by atoms with Crippen LogP contribution in [0.25, 0.3) is 11.4 Å². The number of rotatable bonds is 2. The zero-order valence-electron chi connectivity index (χ0n) is 16.2. The molecule has 144 valence electrons. The van der Waals surface area contributed by atoms with Crippen molar-refractivity contribution in [2.45, 2.75) is 13.8 Å². The lowest BCUT2D eigenvalue weighted by Gasteiger charge is -2.33. The lowest BCUT2D eigenvalue weighted by molar-refractivity contribution is 0.0343. The largest absolute Gasteiger partial charge is 0.494 e. The number of fused-ring (bicyclic) bond motifs is 2. The van der Waals surface area contributed by atoms with Gasteiger partial charge in [0, 0.05) is 35.3 Å². The summed E-state index contributed by atoms with van der Waals surface area (Å²) in [7, 11) is -0.523. The van der Waals surface area contributed by atoms with Crippen molar-refractivity contribution in [3.05, 3.63) is 71.0 Å². The number of carbonyl (C=O) groups is 2. The molecular weight excluding hydrogens is 367 g/mol. The first kappa shape index (κ1) is 18.0. The number of nitrogens with one attached hydrogen (secondary N) is 1. The zero-order valence-corrected chi connectivity index (χ0v) is 16.2. The van der Waals surface area contributed by atoms with Crippen LogP contribution >= 0.6 is 0 Å². The predicted octanol–water partition coefficient (Wildman–Crippen LogP) is 2.62. The molecule has 0 spiro atoms. The molecule has 1 saturated heterocycles. The molecule has 1 aromatic heterocycles. The van der Waals surface area contributed by atoms with E-state index in [0.717, 1.165) is 11.0 Å². The van der Waals surface area contributed by atoms with Gasteiger partial charge < -0.3 is 14.3 Å². The first-order valence-corrected chi connectivity index (χ1v) is 9.55. The Hall–Kier alpha value is -3.03. The molecule has 29 heavy (non-hydrogen) atoms. The summed E-state index contributed by atoms with van der Waals surface area (Å²) in [4.78, 5) is 33.3. The second kappa shape index (κ2) is 6.51. The number of ketones is 2. The molecule has 5 rings (SSSR count). The number of H-pyrrole nitrogens is 1. The van der Waals surface area contributed by atoms with Gasteiger partial charge in [0.05, 0.1) is 0 Å². The van der Waals surface area contributed by atoms with Crippen molar-refractivity contribution in [1.82, 2.24) is 9.97 Å². The molecule has 2 heterocycles. The van der Waals surface area contributed by atoms with Gasteiger partial charge in [0.15, 0.2) is 0 Å². The Bertz CT molecular complexity index is 1090. The number of hydrogen-bond acceptors (Lipinski definition) is 5. The summed E-state index contributed by atoms with van der Waals surface area (Å²) < 4.78 is 11.9. The molecule has 1 fully saturated rings. The van der Waals surface area contributed by atoms with E-state index < -0.39 is 7.12 Å². The van der Waals surface area contributed by atoms with Gasteiger partial charge in [-0.2, -0.15) is 0 Å². The van der Waals surface area contributed by atoms with Crippen molar-refractivity contribution in [3.8, 4) is 11.4 Å². The second-order valence-corrected chi connectivity index (χ2v) is 8.22. The fourth-order valence-electron chi connectivity index (χ4n) is 3.76. The van der Waals surface area contributed by atoms with Crippen molar-refractivity contribution in [2.24, 2.45) is 5.41 Å². The van der Waals surface area contributed by atoms with E-state index in [1.807, 2.05) is 24.3 Å². The highest BCUT2D eigenvalue weighted by Gasteiger charge is 2.37. The van der Waals surface area contributed by atoms with E-state index in [1.54, 1.807) is 24.3 Å². The molecule has 1 aliphatic carbocycles. The SMILES string of the molecule is CC1(C)COB(c2ccccc2-c2nc3c([nH]2)C(=O)c2ccccc2C3=O)OC1. The van der Waals surface area contributed by atoms with Crippen LogP contribution < -0.4 is 5.46 Å². The Morgan fingerprint density at radius 2 is 1.48 bits per heavy atom. The standard InChI is InChI=1S/C22H19BN2O4/c1-22(2)11-28-23(29-12-22)16-10-6-5-9-15(16)21-24-17-18(25-21)20(27)14-8-4-3-7-13(14)19(17)26/h3-10H,11-12H2,1-2H3,(H,24,25). The van der Waals surface area contributed by atoms with Crippen LogP contribution in [0.5, 0.6) is 0 Å². The zero-order chi connectivity index (χ0) is 20.2. The van der Waals surface area contributed by atoms with E-state index in [0.29, 0.717) is 30.2 Å². The summed E-state index contributed by atoms with van der Waals surface area (Å²) >= 11 is 0. The fraction of sp³-hybridized carbons (Fsp3) is 0.227. The highest BCUT2D eigenvalue weighted by molar-refractivity contribution is 6.63. The summed E-state index contributed by atoms with van der Waals surface area (Å²) in [6, 6.07) is 14.4. The van der Waals surface area contributed by atoms with Gasteiger partial charge in [-0.25, -0.2) is 4.98 Å². The third-order valence-corrected chi connectivity index (χ3v) is 5.28. The lowest BCUT2D eigenvalue weighted by Crippen LogP contribution is -2.48. The molecule has 7 heteroatoms. The third kappa shape index (κ3) is 2.94. The van der Waals surface area contributed by atoms with Gasteiger partial charge in [-0.05, 0) is 5.46 Å². The van der Waals surface area contributed by atoms with Gasteiger partial charge in [-0.15, -0.1) is 0 Å². The predicted molar refractivity (Wildman–Crippen MR) is 108 cm³/mol. The van der Waals surface area contributed by atoms with E-state index in [2.05, 4.69) is 23.8 Å². The number of carbonyl (C=O) groups excluding carboxylic acids is 2. The van der Waals surface area contributed by atoms with Crippen LogP contribution in [0, 0.1) is 5.41 Å². The second-order valence-electron chi connectivity index (χ2n) is 8.22. The molecule has 0 atom stereocenters. The van der Waals surface area contributed by atoms with Crippen LogP contribution in [0.1, 0.15) is 46.0 Å². The van der Waals surface area contributed by atoms with Crippen molar-refractivity contribution in [2.75, 3.05) is 13.2 Å². The molecular formula is C22H19BN2O4. The topological polar surface area (TPSA) is 81.3 Å². The molecule has 0 saturated carbocycles. The van der Waals surface area contributed by atoms with Crippen molar-refractivity contribution in [3.63, 3.8) is 0 Å². The molecule has 2 aromatic carbocycles. The van der Waals surface area contributed by atoms with Crippen LogP contribution in [0.2, 0.25) is 0 Å². The minimum absolute atomic E-state index is 0.0418. The molecule has 1 N–H and O–H groups in total. The number of hydrogen-bond donors (Lipinski definition) is 1. The van der Waals surface area contributed by atoms with Gasteiger partial charge in [0.25, 0.3) is 0 Å². The molecule has 0 unspecified atom stereocenters. The number of aromatic nitrogens is 2. The molecule has 2 aliphatic rings. The lowest BCUT2D eigenvalue weighted by atomic mass is 9.73. The quantitative estimate of drug-likeness (QED) is 0.536. The Kier molecular flexibility index (Phi) is 4.05. The minimum Gasteiger partial charge on any atom is -0.407 e. The Morgan fingerprint density at radius 1 is 0.897 bits per heavy atom. The first-order chi connectivity index (χ1) is 13.9. The Balaban J connectivity index is 1.56. The van der Waals surface area contributed by atoms with Gasteiger partial charge in [0.1, 0.15) is 17.2 Å². The molecule has 1 aliphatic heterocycles. The van der Waals surface area contributed by atoms with E-state index in [4.69, 9.17) is 9.31 Å². The summed E-state index contributed by atoms with van der Waals surface area (Å²) in [6.07, 6.45) is 0. The van der Waals surface area contributed by atoms with Gasteiger partial charge >= 0.3 is 7.12 Å². The minimum atomic E-state index is -0.523. The Labute approximate surface area is 168 Å². The van der Waals surface area contributed by atoms with Crippen molar-refractivity contribution >= 4 is 24.1 Å². The molecule has 0 radical (unpaired) electrons. The van der Waals surface area contributed by atoms with Crippen LogP contribution in [0.3, 0.4) is 0 Å². The van der Waals surface area contributed by atoms with E-state index in [-0.39, 0.29) is 28.4 Å². The smallest absolute Gasteiger partial charge is 0.407 e. The van der Waals surface area contributed by atoms with Gasteiger partial charge in [-0.1, -0.05) is 62.4 Å². The number of aromatic amines is 1. The van der Waals surface area contributed by atoms with E-state index in [1.165, 1.54) is 0 Å². The number of nitrogens with zero attached hydrogens (tertiary/aromatic N) is 1. The first-order valence-electron chi connectivity index (χ1n) is 9.55. The average molecular weight is 386 g/mol. The average Bonchev–Trinajstić information content (AvgIpc) is 3.18. The molecule has 6 nitrogen and oxygen atoms in total. The Morgan fingerprint density at radius 3 is 2.17 bits per heavy atom. The fourth-order valence-corrected chi connectivity index (χ4v) is 3.76. The van der Waals surface area contributed by atoms with Crippen LogP contribution in [-0.2, 0) is 9.31 Å². The van der Waals surface area contributed by atoms with Gasteiger partial charge in [0.2, 0.25) is 11.6 Å². The highest BCUT2D eigenvalue weighted by atomic mass is 16.6. The van der Waals surface area contributed by atoms with Crippen LogP contribution in [0.4, 0.5) is 0 Å². The maximum Gasteiger partial charge on any atom is 0.494 e. The maximum atomic E-state index is 12.9. The van der Waals surface area contributed by atoms with E-state index >= 15 is 0 Å². The summed E-state index contributed by atoms with van der Waals surface area (Å²) in [5, 5.41) is 0. The maximum absolute atomic E-state index is 12.9. The third-order valence-electron chi connectivity index (χ3n) is 5.28. The van der Waals surface area contributed by atoms with Crippen molar-refractivity contribution in [1.29, 1.82) is 0 Å². The van der Waals surface area contributed by atoms with Gasteiger partial charge in [-0.3, -0.25) is 9.59 Å². The monoisotopic (exact) mass is 386 g/mol. The summed E-state index contributed by atoms with van der Waals surface area (Å²) in [5.74, 6) is -0.0161. The normalized spacial score (nSPS) is 17.8. The van der Waals surface area contributed by atoms with Crippen LogP contribution in [0.15, 0.2) is 48.5 Å². The van der Waals surface area contributed by atoms with E-state index in [9.17, 15) is 9.59 Å². The summed E-state index contributed by atoms with van der Waals surface area (Å²) in [6.45, 7) is 5.33. The molecule has 0 amide bonds. The highest BCUT2D eigenvalue weighted by Crippen LogP contribution is 2.29.